The maximum Gasteiger partial charge on any atom is 0.393 e. The van der Waals surface area contributed by atoms with E-state index in [1.165, 1.54) is 18.0 Å². The Morgan fingerprint density at radius 2 is 1.90 bits per heavy atom. The van der Waals surface area contributed by atoms with Crippen molar-refractivity contribution < 1.29 is 21.6 Å². The third-order valence-corrected chi connectivity index (χ3v) is 3.50. The Morgan fingerprint density at radius 3 is 2.35 bits per heavy atom. The predicted octanol–water partition coefficient (Wildman–Crippen LogP) is 1.82. The summed E-state index contributed by atoms with van der Waals surface area (Å²) in [5.41, 5.74) is 0.377. The number of alkyl halides is 3. The highest BCUT2D eigenvalue weighted by Crippen LogP contribution is 2.27. The van der Waals surface area contributed by atoms with Gasteiger partial charge in [0.05, 0.1) is 5.92 Å². The van der Waals surface area contributed by atoms with Crippen molar-refractivity contribution >= 4 is 15.7 Å². The largest absolute Gasteiger partial charge is 0.393 e. The lowest BCUT2D eigenvalue weighted by atomic mass is 10.1. The number of nitrogens with zero attached hydrogens (tertiary/aromatic N) is 3. The van der Waals surface area contributed by atoms with Gasteiger partial charge in [-0.3, -0.25) is 0 Å². The Bertz CT molecular complexity index is 587. The Labute approximate surface area is 115 Å². The van der Waals surface area contributed by atoms with E-state index in [0.29, 0.717) is 5.69 Å². The number of aryl methyl sites for hydroxylation is 1. The van der Waals surface area contributed by atoms with Crippen LogP contribution in [0.4, 0.5) is 19.0 Å². The number of rotatable bonds is 4. The summed E-state index contributed by atoms with van der Waals surface area (Å²) in [6.45, 7) is 2.30. The van der Waals surface area contributed by atoms with E-state index in [0.717, 1.165) is 13.2 Å². The Morgan fingerprint density at radius 1 is 1.35 bits per heavy atom. The third-order valence-electron chi connectivity index (χ3n) is 2.65. The summed E-state index contributed by atoms with van der Waals surface area (Å²) in [5.74, 6) is -1.40. The van der Waals surface area contributed by atoms with Gasteiger partial charge in [0, 0.05) is 31.6 Å². The molecular weight excluding hydrogens is 295 g/mol. The zero-order valence-corrected chi connectivity index (χ0v) is 12.4. The lowest BCUT2D eigenvalue weighted by Gasteiger charge is -2.24. The average Bonchev–Trinajstić information content (AvgIpc) is 2.25. The van der Waals surface area contributed by atoms with E-state index in [1.54, 1.807) is 6.92 Å². The van der Waals surface area contributed by atoms with Crippen molar-refractivity contribution in [1.82, 2.24) is 9.97 Å². The fourth-order valence-electron chi connectivity index (χ4n) is 1.49. The number of anilines is 1. The molecule has 0 fully saturated rings. The van der Waals surface area contributed by atoms with E-state index < -0.39 is 21.9 Å². The minimum absolute atomic E-state index is 0.147. The lowest BCUT2D eigenvalue weighted by Crippen LogP contribution is -2.33. The molecule has 0 spiro atoms. The van der Waals surface area contributed by atoms with Crippen LogP contribution in [0.5, 0.6) is 0 Å². The molecule has 20 heavy (non-hydrogen) atoms. The summed E-state index contributed by atoms with van der Waals surface area (Å²) in [5, 5.41) is -0.390. The molecule has 1 rings (SSSR count). The summed E-state index contributed by atoms with van der Waals surface area (Å²) in [4.78, 5) is 8.83. The molecule has 0 aliphatic carbocycles. The Balaban J connectivity index is 3.05. The highest BCUT2D eigenvalue weighted by Gasteiger charge is 2.36. The number of sulfone groups is 1. The molecule has 0 aliphatic rings. The Kier molecular flexibility index (Phi) is 4.62. The van der Waals surface area contributed by atoms with Crippen molar-refractivity contribution in [3.8, 4) is 0 Å². The summed E-state index contributed by atoms with van der Waals surface area (Å²) < 4.78 is 60.4. The maximum atomic E-state index is 12.5. The van der Waals surface area contributed by atoms with Gasteiger partial charge in [0.2, 0.25) is 15.0 Å². The molecule has 0 bridgehead atoms. The molecular formula is C11H16F3N3O2S. The summed E-state index contributed by atoms with van der Waals surface area (Å²) in [6.07, 6.45) is -3.36. The summed E-state index contributed by atoms with van der Waals surface area (Å²) >= 11 is 0. The van der Waals surface area contributed by atoms with Gasteiger partial charge >= 0.3 is 6.18 Å². The molecule has 1 atom stereocenters. The molecule has 0 aromatic carbocycles. The van der Waals surface area contributed by atoms with Gasteiger partial charge in [-0.15, -0.1) is 0 Å². The van der Waals surface area contributed by atoms with Crippen molar-refractivity contribution in [2.45, 2.75) is 25.2 Å². The first-order valence-corrected chi connectivity index (χ1v) is 7.64. The van der Waals surface area contributed by atoms with Gasteiger partial charge in [0.15, 0.2) is 0 Å². The van der Waals surface area contributed by atoms with E-state index in [2.05, 4.69) is 9.97 Å². The molecule has 1 unspecified atom stereocenters. The fraction of sp³-hybridized carbons (Fsp3) is 0.636. The van der Waals surface area contributed by atoms with Gasteiger partial charge in [-0.05, 0) is 6.92 Å². The molecule has 1 aromatic heterocycles. The number of aromatic nitrogens is 2. The zero-order valence-electron chi connectivity index (χ0n) is 11.6. The number of hydrogen-bond acceptors (Lipinski definition) is 5. The van der Waals surface area contributed by atoms with Crippen LogP contribution < -0.4 is 4.90 Å². The molecule has 0 saturated heterocycles. The van der Waals surface area contributed by atoms with Crippen molar-refractivity contribution in [2.24, 2.45) is 5.92 Å². The van der Waals surface area contributed by atoms with Gasteiger partial charge in [-0.25, -0.2) is 18.4 Å². The smallest absolute Gasteiger partial charge is 0.359 e. The van der Waals surface area contributed by atoms with E-state index in [4.69, 9.17) is 0 Å². The van der Waals surface area contributed by atoms with Crippen LogP contribution in [-0.2, 0) is 9.84 Å². The predicted molar refractivity (Wildman–Crippen MR) is 68.4 cm³/mol. The standard InChI is InChI=1S/C11H16F3N3O2S/c1-7(11(12,13)14)6-17(3)9-5-8(2)15-10(16-9)20(4,18)19/h5,7H,6H2,1-4H3. The van der Waals surface area contributed by atoms with Crippen LogP contribution in [0.2, 0.25) is 0 Å². The lowest BCUT2D eigenvalue weighted by molar-refractivity contribution is -0.166. The number of hydrogen-bond donors (Lipinski definition) is 0. The molecule has 0 aliphatic heterocycles. The topological polar surface area (TPSA) is 63.2 Å². The van der Waals surface area contributed by atoms with Crippen LogP contribution in [0, 0.1) is 12.8 Å². The molecule has 9 heteroatoms. The monoisotopic (exact) mass is 311 g/mol. The van der Waals surface area contributed by atoms with Crippen LogP contribution in [0.1, 0.15) is 12.6 Å². The van der Waals surface area contributed by atoms with Gasteiger partial charge < -0.3 is 4.90 Å². The molecule has 1 heterocycles. The van der Waals surface area contributed by atoms with Crippen LogP contribution in [-0.4, -0.2) is 44.4 Å². The van der Waals surface area contributed by atoms with Crippen molar-refractivity contribution in [3.63, 3.8) is 0 Å². The molecule has 0 amide bonds. The van der Waals surface area contributed by atoms with Gasteiger partial charge in [-0.1, -0.05) is 6.92 Å². The molecule has 0 radical (unpaired) electrons. The van der Waals surface area contributed by atoms with Crippen LogP contribution in [0.25, 0.3) is 0 Å². The van der Waals surface area contributed by atoms with Gasteiger partial charge in [-0.2, -0.15) is 13.2 Å². The normalized spacial score (nSPS) is 14.2. The molecule has 0 N–H and O–H groups in total. The van der Waals surface area contributed by atoms with E-state index in [1.807, 2.05) is 0 Å². The number of halogens is 3. The van der Waals surface area contributed by atoms with Gasteiger partial charge in [0.1, 0.15) is 5.82 Å². The van der Waals surface area contributed by atoms with Crippen LogP contribution in [0.15, 0.2) is 11.2 Å². The summed E-state index contributed by atoms with van der Waals surface area (Å²) in [7, 11) is -2.18. The average molecular weight is 311 g/mol. The first-order valence-electron chi connectivity index (χ1n) is 5.75. The second kappa shape index (κ2) is 5.55. The second-order valence-corrected chi connectivity index (χ2v) is 6.65. The van der Waals surface area contributed by atoms with Crippen LogP contribution >= 0.6 is 0 Å². The second-order valence-electron chi connectivity index (χ2n) is 4.75. The minimum Gasteiger partial charge on any atom is -0.359 e. The third kappa shape index (κ3) is 4.32. The zero-order chi connectivity index (χ0) is 15.7. The summed E-state index contributed by atoms with van der Waals surface area (Å²) in [6, 6.07) is 1.44. The minimum atomic E-state index is -4.31. The van der Waals surface area contributed by atoms with E-state index >= 15 is 0 Å². The molecule has 114 valence electrons. The maximum absolute atomic E-state index is 12.5. The van der Waals surface area contributed by atoms with Crippen molar-refractivity contribution in [1.29, 1.82) is 0 Å². The highest BCUT2D eigenvalue weighted by molar-refractivity contribution is 7.90. The fourth-order valence-corrected chi connectivity index (χ4v) is 2.06. The molecule has 1 aromatic rings. The first-order chi connectivity index (χ1) is 8.91. The first kappa shape index (κ1) is 16.7. The van der Waals surface area contributed by atoms with Gasteiger partial charge in [0.25, 0.3) is 0 Å². The van der Waals surface area contributed by atoms with Crippen molar-refractivity contribution in [2.75, 3.05) is 24.7 Å². The SMILES string of the molecule is Cc1cc(N(C)CC(C)C(F)(F)F)nc(S(C)(=O)=O)n1. The molecule has 5 nitrogen and oxygen atoms in total. The van der Waals surface area contributed by atoms with Crippen LogP contribution in [0.3, 0.4) is 0 Å². The molecule has 0 saturated carbocycles. The Hall–Kier alpha value is -1.38. The van der Waals surface area contributed by atoms with E-state index in [9.17, 15) is 21.6 Å². The van der Waals surface area contributed by atoms with E-state index in [-0.39, 0.29) is 17.5 Å². The van der Waals surface area contributed by atoms with Crippen molar-refractivity contribution in [3.05, 3.63) is 11.8 Å². The quantitative estimate of drug-likeness (QED) is 0.794. The highest BCUT2D eigenvalue weighted by atomic mass is 32.2.